The second-order valence-corrected chi connectivity index (χ2v) is 4.29. The first-order valence-corrected chi connectivity index (χ1v) is 4.62. The number of quaternary nitrogens is 1. The summed E-state index contributed by atoms with van der Waals surface area (Å²) >= 11 is 0. The molecule has 14 heavy (non-hydrogen) atoms. The van der Waals surface area contributed by atoms with Crippen LogP contribution in [0.2, 0.25) is 0 Å². The molecule has 0 fully saturated rings. The van der Waals surface area contributed by atoms with Crippen molar-refractivity contribution in [3.63, 3.8) is 0 Å². The molecule has 0 amide bonds. The maximum atomic E-state index is 5.50. The van der Waals surface area contributed by atoms with Crippen molar-refractivity contribution in [2.75, 3.05) is 40.0 Å². The third kappa shape index (κ3) is 4.09. The highest BCUT2D eigenvalue weighted by molar-refractivity contribution is 5.35. The van der Waals surface area contributed by atoms with Crippen molar-refractivity contribution in [3.05, 3.63) is 18.3 Å². The number of nitrogen functional groups attached to an aromatic ring is 1. The maximum absolute atomic E-state index is 5.50. The van der Waals surface area contributed by atoms with Crippen molar-refractivity contribution >= 4 is 5.69 Å². The smallest absolute Gasteiger partial charge is 0.213 e. The van der Waals surface area contributed by atoms with Gasteiger partial charge in [-0.15, -0.1) is 0 Å². The first-order valence-electron chi connectivity index (χ1n) is 4.62. The summed E-state index contributed by atoms with van der Waals surface area (Å²) < 4.78 is 6.34. The predicted octanol–water partition coefficient (Wildman–Crippen LogP) is 0.749. The number of ether oxygens (including phenoxy) is 1. The van der Waals surface area contributed by atoms with Crippen molar-refractivity contribution in [2.45, 2.75) is 0 Å². The molecule has 1 aromatic rings. The molecule has 0 spiro atoms. The Labute approximate surface area is 84.9 Å². The number of anilines is 1. The first-order chi connectivity index (χ1) is 6.47. The van der Waals surface area contributed by atoms with Gasteiger partial charge in [-0.2, -0.15) is 0 Å². The van der Waals surface area contributed by atoms with Crippen molar-refractivity contribution in [3.8, 4) is 5.88 Å². The molecule has 0 unspecified atom stereocenters. The molecule has 0 aliphatic heterocycles. The van der Waals surface area contributed by atoms with E-state index in [1.807, 2.05) is 0 Å². The van der Waals surface area contributed by atoms with Gasteiger partial charge in [-0.05, 0) is 6.07 Å². The zero-order valence-corrected chi connectivity index (χ0v) is 9.03. The first kappa shape index (κ1) is 10.8. The highest BCUT2D eigenvalue weighted by Gasteiger charge is 2.06. The Morgan fingerprint density at radius 2 is 2.07 bits per heavy atom. The van der Waals surface area contributed by atoms with E-state index in [1.54, 1.807) is 18.3 Å². The Bertz CT molecular complexity index is 276. The molecule has 2 N–H and O–H groups in total. The normalized spacial score (nSPS) is 11.4. The van der Waals surface area contributed by atoms with Crippen LogP contribution < -0.4 is 10.5 Å². The van der Waals surface area contributed by atoms with E-state index >= 15 is 0 Å². The summed E-state index contributed by atoms with van der Waals surface area (Å²) in [7, 11) is 6.37. The fourth-order valence-corrected chi connectivity index (χ4v) is 0.901. The predicted molar refractivity (Wildman–Crippen MR) is 57.0 cm³/mol. The van der Waals surface area contributed by atoms with Gasteiger partial charge in [0, 0.05) is 6.07 Å². The van der Waals surface area contributed by atoms with E-state index in [0.29, 0.717) is 18.2 Å². The Morgan fingerprint density at radius 3 is 2.57 bits per heavy atom. The number of pyridine rings is 1. The van der Waals surface area contributed by atoms with E-state index < -0.39 is 0 Å². The lowest BCUT2D eigenvalue weighted by Gasteiger charge is -2.23. The molecular weight excluding hydrogens is 178 g/mol. The SMILES string of the molecule is C[N+](C)(C)CCOc1ccc(N)cn1. The topological polar surface area (TPSA) is 48.1 Å². The van der Waals surface area contributed by atoms with Crippen molar-refractivity contribution < 1.29 is 9.22 Å². The van der Waals surface area contributed by atoms with E-state index in [0.717, 1.165) is 11.0 Å². The van der Waals surface area contributed by atoms with Gasteiger partial charge < -0.3 is 15.0 Å². The number of hydrogen-bond donors (Lipinski definition) is 1. The standard InChI is InChI=1S/C10H18N3O/c1-13(2,3)6-7-14-10-5-4-9(11)8-12-10/h4-5,8H,6-7,11H2,1-3H3/q+1. The van der Waals surface area contributed by atoms with Gasteiger partial charge in [0.2, 0.25) is 5.88 Å². The largest absolute Gasteiger partial charge is 0.472 e. The summed E-state index contributed by atoms with van der Waals surface area (Å²) in [6.07, 6.45) is 1.60. The van der Waals surface area contributed by atoms with Crippen LogP contribution in [0.25, 0.3) is 0 Å². The van der Waals surface area contributed by atoms with Crippen LogP contribution in [0.3, 0.4) is 0 Å². The van der Waals surface area contributed by atoms with Gasteiger partial charge in [-0.25, -0.2) is 4.98 Å². The van der Waals surface area contributed by atoms with E-state index in [2.05, 4.69) is 26.1 Å². The average molecular weight is 196 g/mol. The summed E-state index contributed by atoms with van der Waals surface area (Å²) in [5.41, 5.74) is 6.16. The van der Waals surface area contributed by atoms with E-state index in [4.69, 9.17) is 10.5 Å². The van der Waals surface area contributed by atoms with Gasteiger partial charge in [0.1, 0.15) is 13.2 Å². The third-order valence-corrected chi connectivity index (χ3v) is 1.77. The molecule has 4 nitrogen and oxygen atoms in total. The van der Waals surface area contributed by atoms with Crippen LogP contribution in [-0.4, -0.2) is 43.8 Å². The lowest BCUT2D eigenvalue weighted by molar-refractivity contribution is -0.870. The molecule has 0 saturated carbocycles. The van der Waals surface area contributed by atoms with Gasteiger partial charge in [-0.1, -0.05) is 0 Å². The Morgan fingerprint density at radius 1 is 1.36 bits per heavy atom. The zero-order chi connectivity index (χ0) is 10.6. The molecule has 78 valence electrons. The molecular formula is C10H18N3O+. The van der Waals surface area contributed by atoms with Crippen molar-refractivity contribution in [1.82, 2.24) is 4.98 Å². The fraction of sp³-hybridized carbons (Fsp3) is 0.500. The van der Waals surface area contributed by atoms with Gasteiger partial charge in [0.05, 0.1) is 33.0 Å². The Kier molecular flexibility index (Phi) is 3.30. The van der Waals surface area contributed by atoms with E-state index in [1.165, 1.54) is 0 Å². The molecule has 0 aliphatic carbocycles. The van der Waals surface area contributed by atoms with Crippen LogP contribution in [0.15, 0.2) is 18.3 Å². The summed E-state index contributed by atoms with van der Waals surface area (Å²) in [6.45, 7) is 1.62. The number of aromatic nitrogens is 1. The number of nitrogens with two attached hydrogens (primary N) is 1. The van der Waals surface area contributed by atoms with Gasteiger partial charge >= 0.3 is 0 Å². The average Bonchev–Trinajstić information content (AvgIpc) is 2.06. The fourth-order valence-electron chi connectivity index (χ4n) is 0.901. The minimum atomic E-state index is 0.632. The molecule has 0 bridgehead atoms. The van der Waals surface area contributed by atoms with Gasteiger partial charge in [0.25, 0.3) is 0 Å². The summed E-state index contributed by atoms with van der Waals surface area (Å²) in [4.78, 5) is 4.04. The summed E-state index contributed by atoms with van der Waals surface area (Å²) in [5, 5.41) is 0. The van der Waals surface area contributed by atoms with E-state index in [9.17, 15) is 0 Å². The number of rotatable bonds is 4. The lowest BCUT2D eigenvalue weighted by Crippen LogP contribution is -2.38. The quantitative estimate of drug-likeness (QED) is 0.723. The highest BCUT2D eigenvalue weighted by Crippen LogP contribution is 2.08. The van der Waals surface area contributed by atoms with E-state index in [-0.39, 0.29) is 0 Å². The second kappa shape index (κ2) is 4.28. The minimum Gasteiger partial charge on any atom is -0.472 e. The monoisotopic (exact) mass is 196 g/mol. The molecule has 0 radical (unpaired) electrons. The Hall–Kier alpha value is -1.29. The minimum absolute atomic E-state index is 0.632. The molecule has 1 heterocycles. The van der Waals surface area contributed by atoms with Crippen LogP contribution >= 0.6 is 0 Å². The summed E-state index contributed by atoms with van der Waals surface area (Å²) in [6, 6.07) is 3.57. The second-order valence-electron chi connectivity index (χ2n) is 4.29. The number of nitrogens with zero attached hydrogens (tertiary/aromatic N) is 2. The van der Waals surface area contributed by atoms with Crippen LogP contribution in [0, 0.1) is 0 Å². The number of likely N-dealkylation sites (N-methyl/N-ethyl adjacent to an activating group) is 1. The van der Waals surface area contributed by atoms with Crippen LogP contribution in [-0.2, 0) is 0 Å². The van der Waals surface area contributed by atoms with Gasteiger partial charge in [-0.3, -0.25) is 0 Å². The number of hydrogen-bond acceptors (Lipinski definition) is 3. The maximum Gasteiger partial charge on any atom is 0.213 e. The van der Waals surface area contributed by atoms with Crippen LogP contribution in [0.5, 0.6) is 5.88 Å². The molecule has 1 rings (SSSR count). The molecule has 0 aliphatic rings. The highest BCUT2D eigenvalue weighted by atomic mass is 16.5. The molecule has 0 aromatic carbocycles. The van der Waals surface area contributed by atoms with Crippen molar-refractivity contribution in [1.29, 1.82) is 0 Å². The Balaban J connectivity index is 2.35. The molecule has 1 aromatic heterocycles. The molecule has 0 saturated heterocycles. The summed E-state index contributed by atoms with van der Waals surface area (Å²) in [5.74, 6) is 0.632. The van der Waals surface area contributed by atoms with Crippen molar-refractivity contribution in [2.24, 2.45) is 0 Å². The third-order valence-electron chi connectivity index (χ3n) is 1.77. The van der Waals surface area contributed by atoms with Crippen LogP contribution in [0.1, 0.15) is 0 Å². The van der Waals surface area contributed by atoms with Gasteiger partial charge in [0.15, 0.2) is 0 Å². The molecule has 0 atom stereocenters. The molecule has 4 heteroatoms. The lowest BCUT2D eigenvalue weighted by atomic mass is 10.4. The zero-order valence-electron chi connectivity index (χ0n) is 9.03. The van der Waals surface area contributed by atoms with Crippen LogP contribution in [0.4, 0.5) is 5.69 Å².